The minimum absolute atomic E-state index is 0.0453. The van der Waals surface area contributed by atoms with Crippen LogP contribution in [-0.4, -0.2) is 46.3 Å². The monoisotopic (exact) mass is 339 g/mol. The molecule has 1 unspecified atom stereocenters. The minimum Gasteiger partial charge on any atom is -0.394 e. The van der Waals surface area contributed by atoms with Crippen LogP contribution < -0.4 is 5.32 Å². The zero-order valence-electron chi connectivity index (χ0n) is 14.7. The molecule has 23 heavy (non-hydrogen) atoms. The topological polar surface area (TPSA) is 65.5 Å². The van der Waals surface area contributed by atoms with Gasteiger partial charge in [0.2, 0.25) is 0 Å². The second-order valence-corrected chi connectivity index (χ2v) is 8.25. The van der Waals surface area contributed by atoms with Gasteiger partial charge in [0.25, 0.3) is 0 Å². The van der Waals surface area contributed by atoms with Crippen molar-refractivity contribution in [2.24, 2.45) is 5.92 Å². The molecule has 1 aliphatic rings. The zero-order valence-corrected chi connectivity index (χ0v) is 15.5. The number of thiazole rings is 1. The molecule has 2 N–H and O–H groups in total. The smallest absolute Gasteiger partial charge is 0.317 e. The first-order valence-electron chi connectivity index (χ1n) is 8.47. The van der Waals surface area contributed by atoms with Crippen molar-refractivity contribution < 1.29 is 9.90 Å². The summed E-state index contributed by atoms with van der Waals surface area (Å²) in [5.74, 6) is 0.457. The molecule has 0 aromatic carbocycles. The summed E-state index contributed by atoms with van der Waals surface area (Å²) in [4.78, 5) is 20.1. The van der Waals surface area contributed by atoms with Gasteiger partial charge in [0.1, 0.15) is 0 Å². The van der Waals surface area contributed by atoms with Crippen LogP contribution >= 0.6 is 11.3 Å². The van der Waals surface area contributed by atoms with Crippen LogP contribution in [-0.2, 0) is 6.42 Å². The number of hydrogen-bond donors (Lipinski definition) is 2. The van der Waals surface area contributed by atoms with E-state index in [2.05, 4.69) is 24.1 Å². The molecule has 0 saturated carbocycles. The lowest BCUT2D eigenvalue weighted by Gasteiger charge is -2.38. The first-order valence-corrected chi connectivity index (χ1v) is 9.29. The van der Waals surface area contributed by atoms with E-state index < -0.39 is 0 Å². The van der Waals surface area contributed by atoms with Gasteiger partial charge < -0.3 is 15.3 Å². The van der Waals surface area contributed by atoms with E-state index in [1.165, 1.54) is 4.88 Å². The Labute approximate surface area is 143 Å². The molecule has 0 spiro atoms. The van der Waals surface area contributed by atoms with Crippen LogP contribution in [0.4, 0.5) is 4.79 Å². The lowest BCUT2D eigenvalue weighted by Crippen LogP contribution is -2.54. The molecule has 1 atom stereocenters. The maximum absolute atomic E-state index is 12.6. The number of carbonyl (C=O) groups is 1. The second kappa shape index (κ2) is 7.62. The molecule has 1 aromatic heterocycles. The molecule has 0 bridgehead atoms. The van der Waals surface area contributed by atoms with Crippen LogP contribution in [0.5, 0.6) is 0 Å². The summed E-state index contributed by atoms with van der Waals surface area (Å²) in [6.45, 7) is 9.69. The van der Waals surface area contributed by atoms with Crippen molar-refractivity contribution in [2.75, 3.05) is 19.7 Å². The van der Waals surface area contributed by atoms with E-state index in [0.29, 0.717) is 12.5 Å². The molecule has 6 heteroatoms. The number of amides is 2. The highest BCUT2D eigenvalue weighted by atomic mass is 32.1. The fourth-order valence-electron chi connectivity index (χ4n) is 3.64. The summed E-state index contributed by atoms with van der Waals surface area (Å²) < 4.78 is 0. The lowest BCUT2D eigenvalue weighted by atomic mass is 9.87. The number of aromatic nitrogens is 1. The number of nitrogens with zero attached hydrogens (tertiary/aromatic N) is 2. The van der Waals surface area contributed by atoms with Gasteiger partial charge in [-0.3, -0.25) is 0 Å². The maximum atomic E-state index is 12.6. The molecule has 0 radical (unpaired) electrons. The highest BCUT2D eigenvalue weighted by Crippen LogP contribution is 2.34. The molecule has 1 fully saturated rings. The SMILES string of the molecule is Cc1nc(C)c(CCNC(=O)N2CCCC2(CO)CC(C)C)s1. The Kier molecular flexibility index (Phi) is 6.03. The van der Waals surface area contributed by atoms with Crippen molar-refractivity contribution in [2.45, 2.75) is 58.9 Å². The van der Waals surface area contributed by atoms with Crippen LogP contribution in [0.15, 0.2) is 0 Å². The van der Waals surface area contributed by atoms with E-state index in [0.717, 1.165) is 42.9 Å². The van der Waals surface area contributed by atoms with Gasteiger partial charge >= 0.3 is 6.03 Å². The Morgan fingerprint density at radius 1 is 1.48 bits per heavy atom. The van der Waals surface area contributed by atoms with E-state index >= 15 is 0 Å². The molecule has 2 heterocycles. The first kappa shape index (κ1) is 18.2. The van der Waals surface area contributed by atoms with Crippen molar-refractivity contribution in [3.05, 3.63) is 15.6 Å². The standard InChI is InChI=1S/C17H29N3O2S/c1-12(2)10-17(11-21)7-5-9-20(17)16(22)18-8-6-15-13(3)19-14(4)23-15/h12,21H,5-11H2,1-4H3,(H,18,22). The third-order valence-electron chi connectivity index (χ3n) is 4.55. The quantitative estimate of drug-likeness (QED) is 0.837. The maximum Gasteiger partial charge on any atom is 0.317 e. The Morgan fingerprint density at radius 2 is 2.22 bits per heavy atom. The number of aliphatic hydroxyl groups is 1. The van der Waals surface area contributed by atoms with E-state index in [-0.39, 0.29) is 18.2 Å². The second-order valence-electron chi connectivity index (χ2n) is 6.96. The Balaban J connectivity index is 1.92. The number of rotatable bonds is 6. The number of carbonyl (C=O) groups excluding carboxylic acids is 1. The molecule has 130 valence electrons. The fraction of sp³-hybridized carbons (Fsp3) is 0.765. The number of aliphatic hydroxyl groups excluding tert-OH is 1. The van der Waals surface area contributed by atoms with Gasteiger partial charge in [0.15, 0.2) is 0 Å². The van der Waals surface area contributed by atoms with Gasteiger partial charge in [0, 0.05) is 24.4 Å². The molecular formula is C17H29N3O2S. The van der Waals surface area contributed by atoms with Gasteiger partial charge in [-0.25, -0.2) is 9.78 Å². The normalized spacial score (nSPS) is 21.2. The molecule has 1 aromatic rings. The van der Waals surface area contributed by atoms with Gasteiger partial charge in [-0.05, 0) is 39.0 Å². The van der Waals surface area contributed by atoms with Crippen LogP contribution in [0.3, 0.4) is 0 Å². The number of nitrogens with one attached hydrogen (secondary N) is 1. The summed E-state index contributed by atoms with van der Waals surface area (Å²) in [6.07, 6.45) is 3.52. The molecule has 0 aliphatic carbocycles. The zero-order chi connectivity index (χ0) is 17.0. The predicted octanol–water partition coefficient (Wildman–Crippen LogP) is 2.89. The highest BCUT2D eigenvalue weighted by molar-refractivity contribution is 7.11. The number of aryl methyl sites for hydroxylation is 2. The van der Waals surface area contributed by atoms with Crippen LogP contribution in [0.2, 0.25) is 0 Å². The Hall–Kier alpha value is -1.14. The van der Waals surface area contributed by atoms with Gasteiger partial charge in [-0.15, -0.1) is 11.3 Å². The third kappa shape index (κ3) is 4.23. The minimum atomic E-state index is -0.380. The summed E-state index contributed by atoms with van der Waals surface area (Å²) in [5.41, 5.74) is 0.683. The lowest BCUT2D eigenvalue weighted by molar-refractivity contribution is 0.0678. The van der Waals surface area contributed by atoms with Crippen LogP contribution in [0.25, 0.3) is 0 Å². The molecule has 1 aliphatic heterocycles. The molecule has 2 rings (SSSR count). The summed E-state index contributed by atoms with van der Waals surface area (Å²) in [5, 5.41) is 14.0. The van der Waals surface area contributed by atoms with Gasteiger partial charge in [-0.2, -0.15) is 0 Å². The summed E-state index contributed by atoms with van der Waals surface area (Å²) >= 11 is 1.69. The first-order chi connectivity index (χ1) is 10.9. The van der Waals surface area contributed by atoms with E-state index in [9.17, 15) is 9.90 Å². The average molecular weight is 340 g/mol. The van der Waals surface area contributed by atoms with Crippen molar-refractivity contribution in [1.29, 1.82) is 0 Å². The molecule has 2 amide bonds. The Morgan fingerprint density at radius 3 is 2.78 bits per heavy atom. The van der Waals surface area contributed by atoms with Crippen LogP contribution in [0.1, 0.15) is 48.7 Å². The Bertz CT molecular complexity index is 544. The number of likely N-dealkylation sites (tertiary alicyclic amines) is 1. The van der Waals surface area contributed by atoms with E-state index in [1.807, 2.05) is 18.7 Å². The van der Waals surface area contributed by atoms with Crippen LogP contribution in [0, 0.1) is 19.8 Å². The van der Waals surface area contributed by atoms with Crippen molar-refractivity contribution in [3.63, 3.8) is 0 Å². The number of urea groups is 1. The number of hydrogen-bond acceptors (Lipinski definition) is 4. The molecule has 5 nitrogen and oxygen atoms in total. The molecule has 1 saturated heterocycles. The van der Waals surface area contributed by atoms with E-state index in [4.69, 9.17) is 0 Å². The van der Waals surface area contributed by atoms with E-state index in [1.54, 1.807) is 11.3 Å². The molecular weight excluding hydrogens is 310 g/mol. The van der Waals surface area contributed by atoms with Gasteiger partial charge in [-0.1, -0.05) is 13.8 Å². The van der Waals surface area contributed by atoms with Crippen molar-refractivity contribution in [3.8, 4) is 0 Å². The third-order valence-corrected chi connectivity index (χ3v) is 5.68. The van der Waals surface area contributed by atoms with Crippen molar-refractivity contribution in [1.82, 2.24) is 15.2 Å². The highest BCUT2D eigenvalue weighted by Gasteiger charge is 2.43. The predicted molar refractivity (Wildman–Crippen MR) is 93.9 cm³/mol. The average Bonchev–Trinajstić information content (AvgIpc) is 3.02. The summed E-state index contributed by atoms with van der Waals surface area (Å²) in [6, 6.07) is -0.0453. The van der Waals surface area contributed by atoms with Crippen molar-refractivity contribution >= 4 is 17.4 Å². The largest absolute Gasteiger partial charge is 0.394 e. The fourth-order valence-corrected chi connectivity index (χ4v) is 4.58. The van der Waals surface area contributed by atoms with Gasteiger partial charge in [0.05, 0.1) is 22.8 Å². The summed E-state index contributed by atoms with van der Waals surface area (Å²) in [7, 11) is 0.